The summed E-state index contributed by atoms with van der Waals surface area (Å²) in [4.78, 5) is 11.3. The quantitative estimate of drug-likeness (QED) is 0.681. The van der Waals surface area contributed by atoms with Crippen LogP contribution < -0.4 is 5.32 Å². The Morgan fingerprint density at radius 3 is 3.29 bits per heavy atom. The van der Waals surface area contributed by atoms with Gasteiger partial charge in [-0.25, -0.2) is 4.68 Å². The van der Waals surface area contributed by atoms with Crippen LogP contribution in [0, 0.1) is 0 Å². The van der Waals surface area contributed by atoms with Gasteiger partial charge in [0.1, 0.15) is 6.04 Å². The van der Waals surface area contributed by atoms with Crippen LogP contribution in [0.25, 0.3) is 0 Å². The first-order valence-electron chi connectivity index (χ1n) is 4.55. The number of allylic oxidation sites excluding steroid dienone is 1. The molecule has 1 aliphatic heterocycles. The maximum Gasteiger partial charge on any atom is 0.244 e. The van der Waals surface area contributed by atoms with Crippen molar-refractivity contribution in [2.75, 3.05) is 0 Å². The van der Waals surface area contributed by atoms with Gasteiger partial charge < -0.3 is 5.32 Å². The number of carbonyl (C=O) groups is 1. The first kappa shape index (κ1) is 8.93. The molecule has 0 spiro atoms. The molecule has 0 fully saturated rings. The zero-order valence-electron chi connectivity index (χ0n) is 8.03. The van der Waals surface area contributed by atoms with E-state index in [9.17, 15) is 4.79 Å². The van der Waals surface area contributed by atoms with Crippen LogP contribution in [0.4, 0.5) is 0 Å². The molecule has 2 rings (SSSR count). The Morgan fingerprint density at radius 2 is 2.57 bits per heavy atom. The molecule has 0 saturated carbocycles. The molecule has 0 unspecified atom stereocenters. The molecule has 1 aromatic rings. The fraction of sp³-hybridized carbons (Fsp3) is 0.444. The summed E-state index contributed by atoms with van der Waals surface area (Å²) in [6.07, 6.45) is 2.48. The topological polar surface area (TPSA) is 59.8 Å². The van der Waals surface area contributed by atoms with E-state index in [0.29, 0.717) is 13.0 Å². The van der Waals surface area contributed by atoms with Crippen LogP contribution in [0.1, 0.15) is 24.4 Å². The summed E-state index contributed by atoms with van der Waals surface area (Å²) in [7, 11) is 0. The lowest BCUT2D eigenvalue weighted by atomic mass is 10.2. The van der Waals surface area contributed by atoms with E-state index in [4.69, 9.17) is 0 Å². The van der Waals surface area contributed by atoms with Crippen LogP contribution in [0.3, 0.4) is 0 Å². The fourth-order valence-electron chi connectivity index (χ4n) is 1.57. The monoisotopic (exact) mass is 192 g/mol. The summed E-state index contributed by atoms with van der Waals surface area (Å²) in [5.41, 5.74) is 1.88. The van der Waals surface area contributed by atoms with Crippen molar-refractivity contribution >= 4 is 5.91 Å². The molecule has 1 amide bonds. The lowest BCUT2D eigenvalue weighted by Crippen LogP contribution is -2.38. The third kappa shape index (κ3) is 1.21. The smallest absolute Gasteiger partial charge is 0.244 e. The van der Waals surface area contributed by atoms with Crippen LogP contribution in [-0.2, 0) is 17.8 Å². The Labute approximate surface area is 81.8 Å². The minimum atomic E-state index is -0.259. The van der Waals surface area contributed by atoms with Gasteiger partial charge in [0.15, 0.2) is 0 Å². The Morgan fingerprint density at radius 1 is 1.79 bits per heavy atom. The van der Waals surface area contributed by atoms with Gasteiger partial charge in [-0.15, -0.1) is 11.7 Å². The molecule has 0 radical (unpaired) electrons. The second-order valence-corrected chi connectivity index (χ2v) is 3.31. The van der Waals surface area contributed by atoms with Gasteiger partial charge in [0.05, 0.1) is 17.9 Å². The molecule has 1 N–H and O–H groups in total. The number of amides is 1. The van der Waals surface area contributed by atoms with Gasteiger partial charge in [-0.05, 0) is 6.92 Å². The number of carbonyl (C=O) groups excluding carboxylic acids is 1. The van der Waals surface area contributed by atoms with Crippen molar-refractivity contribution in [3.05, 3.63) is 24.0 Å². The lowest BCUT2D eigenvalue weighted by molar-refractivity contribution is -0.125. The lowest BCUT2D eigenvalue weighted by Gasteiger charge is -2.20. The van der Waals surface area contributed by atoms with E-state index in [-0.39, 0.29) is 11.9 Å². The SMILES string of the molecule is C=CCc1nnn2c1CNC(=O)[C@@H]2C. The van der Waals surface area contributed by atoms with Crippen LogP contribution in [0.15, 0.2) is 12.7 Å². The van der Waals surface area contributed by atoms with E-state index in [1.807, 2.05) is 6.92 Å². The molecule has 14 heavy (non-hydrogen) atoms. The number of hydrogen-bond acceptors (Lipinski definition) is 3. The van der Waals surface area contributed by atoms with Crippen molar-refractivity contribution in [1.29, 1.82) is 0 Å². The van der Waals surface area contributed by atoms with Crippen molar-refractivity contribution in [2.45, 2.75) is 25.9 Å². The largest absolute Gasteiger partial charge is 0.349 e. The van der Waals surface area contributed by atoms with E-state index >= 15 is 0 Å². The Hall–Kier alpha value is -1.65. The first-order valence-corrected chi connectivity index (χ1v) is 4.55. The minimum absolute atomic E-state index is 0.00690. The zero-order valence-corrected chi connectivity index (χ0v) is 8.03. The second-order valence-electron chi connectivity index (χ2n) is 3.31. The van der Waals surface area contributed by atoms with Gasteiger partial charge in [0.25, 0.3) is 0 Å². The highest BCUT2D eigenvalue weighted by atomic mass is 16.2. The normalized spacial score (nSPS) is 20.1. The van der Waals surface area contributed by atoms with Crippen molar-refractivity contribution < 1.29 is 4.79 Å². The molecule has 5 nitrogen and oxygen atoms in total. The summed E-state index contributed by atoms with van der Waals surface area (Å²) < 4.78 is 1.68. The molecule has 0 aromatic carbocycles. The summed E-state index contributed by atoms with van der Waals surface area (Å²) in [5, 5.41) is 10.8. The molecule has 5 heteroatoms. The zero-order chi connectivity index (χ0) is 10.1. The molecule has 1 aromatic heterocycles. The molecule has 0 saturated heterocycles. The van der Waals surface area contributed by atoms with E-state index in [1.54, 1.807) is 10.8 Å². The van der Waals surface area contributed by atoms with Crippen LogP contribution >= 0.6 is 0 Å². The van der Waals surface area contributed by atoms with Crippen LogP contribution in [-0.4, -0.2) is 20.9 Å². The number of rotatable bonds is 2. The summed E-state index contributed by atoms with van der Waals surface area (Å²) in [6, 6.07) is -0.259. The van der Waals surface area contributed by atoms with E-state index in [1.165, 1.54) is 0 Å². The van der Waals surface area contributed by atoms with Crippen LogP contribution in [0.5, 0.6) is 0 Å². The van der Waals surface area contributed by atoms with Gasteiger partial charge in [0.2, 0.25) is 5.91 Å². The molecule has 0 bridgehead atoms. The number of aromatic nitrogens is 3. The van der Waals surface area contributed by atoms with E-state index in [2.05, 4.69) is 22.2 Å². The maximum atomic E-state index is 11.3. The molecule has 74 valence electrons. The standard InChI is InChI=1S/C9H12N4O/c1-3-4-7-8-5-10-9(14)6(2)13(8)12-11-7/h3,6H,1,4-5H2,2H3,(H,10,14)/t6-/m0/s1. The molecular weight excluding hydrogens is 180 g/mol. The molecule has 2 heterocycles. The van der Waals surface area contributed by atoms with E-state index < -0.39 is 0 Å². The highest BCUT2D eigenvalue weighted by Crippen LogP contribution is 2.17. The highest BCUT2D eigenvalue weighted by Gasteiger charge is 2.26. The van der Waals surface area contributed by atoms with Crippen molar-refractivity contribution in [3.63, 3.8) is 0 Å². The Balaban J connectivity index is 2.39. The first-order chi connectivity index (χ1) is 6.74. The van der Waals surface area contributed by atoms with Gasteiger partial charge >= 0.3 is 0 Å². The predicted octanol–water partition coefficient (Wildman–Crippen LogP) is 0.197. The Kier molecular flexibility index (Phi) is 2.07. The third-order valence-electron chi connectivity index (χ3n) is 2.39. The number of hydrogen-bond donors (Lipinski definition) is 1. The summed E-state index contributed by atoms with van der Waals surface area (Å²) >= 11 is 0. The predicted molar refractivity (Wildman–Crippen MR) is 50.5 cm³/mol. The van der Waals surface area contributed by atoms with Crippen molar-refractivity contribution in [2.24, 2.45) is 0 Å². The molecular formula is C9H12N4O. The Bertz CT molecular complexity index is 382. The van der Waals surface area contributed by atoms with E-state index in [0.717, 1.165) is 11.4 Å². The van der Waals surface area contributed by atoms with Crippen molar-refractivity contribution in [3.8, 4) is 0 Å². The number of nitrogens with one attached hydrogen (secondary N) is 1. The number of fused-ring (bicyclic) bond motifs is 1. The second kappa shape index (κ2) is 3.25. The van der Waals surface area contributed by atoms with Gasteiger partial charge in [0, 0.05) is 6.42 Å². The maximum absolute atomic E-state index is 11.3. The molecule has 0 aliphatic carbocycles. The highest BCUT2D eigenvalue weighted by molar-refractivity contribution is 5.80. The average molecular weight is 192 g/mol. The van der Waals surface area contributed by atoms with Crippen molar-refractivity contribution in [1.82, 2.24) is 20.3 Å². The van der Waals surface area contributed by atoms with Gasteiger partial charge in [-0.2, -0.15) is 0 Å². The fourth-order valence-corrected chi connectivity index (χ4v) is 1.57. The number of nitrogens with zero attached hydrogens (tertiary/aromatic N) is 3. The third-order valence-corrected chi connectivity index (χ3v) is 2.39. The minimum Gasteiger partial charge on any atom is -0.349 e. The van der Waals surface area contributed by atoms with Crippen LogP contribution in [0.2, 0.25) is 0 Å². The van der Waals surface area contributed by atoms with Gasteiger partial charge in [-0.1, -0.05) is 11.3 Å². The summed E-state index contributed by atoms with van der Waals surface area (Å²) in [6.45, 7) is 5.98. The average Bonchev–Trinajstić information content (AvgIpc) is 2.57. The van der Waals surface area contributed by atoms with Gasteiger partial charge in [-0.3, -0.25) is 4.79 Å². The molecule has 1 aliphatic rings. The summed E-state index contributed by atoms with van der Waals surface area (Å²) in [5.74, 6) is -0.00690. The molecule has 1 atom stereocenters.